The summed E-state index contributed by atoms with van der Waals surface area (Å²) in [5.41, 5.74) is 1.28. The number of benzene rings is 1. The van der Waals surface area contributed by atoms with E-state index in [-0.39, 0.29) is 0 Å². The molecular weight excluding hydrogens is 372 g/mol. The number of hydrogen-bond acceptors (Lipinski definition) is 2. The van der Waals surface area contributed by atoms with E-state index in [0.29, 0.717) is 18.0 Å². The van der Waals surface area contributed by atoms with Crippen LogP contribution in [-0.4, -0.2) is 20.3 Å². The SMILES string of the molecule is COCCOc1ccc(C(Br)CCC(C)C)cc1Br. The minimum absolute atomic E-state index is 0.402. The van der Waals surface area contributed by atoms with Crippen molar-refractivity contribution < 1.29 is 9.47 Å². The maximum absolute atomic E-state index is 5.62. The number of hydrogen-bond donors (Lipinski definition) is 0. The van der Waals surface area contributed by atoms with E-state index in [1.165, 1.54) is 12.0 Å². The van der Waals surface area contributed by atoms with Gasteiger partial charge in [-0.1, -0.05) is 35.8 Å². The van der Waals surface area contributed by atoms with Crippen LogP contribution in [0.1, 0.15) is 37.1 Å². The van der Waals surface area contributed by atoms with Crippen LogP contribution in [0.5, 0.6) is 5.75 Å². The van der Waals surface area contributed by atoms with Crippen LogP contribution in [0.3, 0.4) is 0 Å². The summed E-state index contributed by atoms with van der Waals surface area (Å²) < 4.78 is 11.6. The predicted octanol–water partition coefficient (Wildman–Crippen LogP) is 5.35. The van der Waals surface area contributed by atoms with Crippen LogP contribution in [0.4, 0.5) is 0 Å². The molecule has 0 amide bonds. The van der Waals surface area contributed by atoms with Crippen molar-refractivity contribution in [2.75, 3.05) is 20.3 Å². The van der Waals surface area contributed by atoms with E-state index in [2.05, 4.69) is 57.8 Å². The molecule has 1 aromatic carbocycles. The largest absolute Gasteiger partial charge is 0.490 e. The second-order valence-corrected chi connectivity index (χ2v) is 6.93. The van der Waals surface area contributed by atoms with Gasteiger partial charge in [-0.05, 0) is 52.4 Å². The van der Waals surface area contributed by atoms with Crippen LogP contribution in [0.2, 0.25) is 0 Å². The Morgan fingerprint density at radius 2 is 1.89 bits per heavy atom. The van der Waals surface area contributed by atoms with Crippen molar-refractivity contribution in [1.29, 1.82) is 0 Å². The molecule has 0 spiro atoms. The molecule has 0 saturated carbocycles. The summed E-state index contributed by atoms with van der Waals surface area (Å²) in [4.78, 5) is 0.402. The second-order valence-electron chi connectivity index (χ2n) is 4.97. The Hall–Kier alpha value is -0.0600. The fraction of sp³-hybridized carbons (Fsp3) is 0.600. The van der Waals surface area contributed by atoms with Gasteiger partial charge in [-0.2, -0.15) is 0 Å². The van der Waals surface area contributed by atoms with Gasteiger partial charge in [0.25, 0.3) is 0 Å². The zero-order valence-corrected chi connectivity index (χ0v) is 15.0. The molecule has 1 rings (SSSR count). The molecular formula is C15H22Br2O2. The Morgan fingerprint density at radius 1 is 1.16 bits per heavy atom. The van der Waals surface area contributed by atoms with Crippen LogP contribution in [0.15, 0.2) is 22.7 Å². The summed E-state index contributed by atoms with van der Waals surface area (Å²) in [5, 5.41) is 0. The summed E-state index contributed by atoms with van der Waals surface area (Å²) in [6, 6.07) is 6.26. The second kappa shape index (κ2) is 8.98. The third-order valence-corrected chi connectivity index (χ3v) is 4.47. The Kier molecular flexibility index (Phi) is 8.03. The van der Waals surface area contributed by atoms with Gasteiger partial charge in [0.05, 0.1) is 11.1 Å². The van der Waals surface area contributed by atoms with Crippen molar-refractivity contribution in [3.8, 4) is 5.75 Å². The summed E-state index contributed by atoms with van der Waals surface area (Å²) in [7, 11) is 1.67. The molecule has 0 saturated heterocycles. The Labute approximate surface area is 133 Å². The molecule has 0 radical (unpaired) electrons. The molecule has 0 aliphatic rings. The van der Waals surface area contributed by atoms with Gasteiger partial charge in [-0.3, -0.25) is 0 Å². The van der Waals surface area contributed by atoms with Crippen LogP contribution in [0, 0.1) is 5.92 Å². The molecule has 2 nitrogen and oxygen atoms in total. The van der Waals surface area contributed by atoms with Gasteiger partial charge >= 0.3 is 0 Å². The average molecular weight is 394 g/mol. The van der Waals surface area contributed by atoms with Gasteiger partial charge in [-0.15, -0.1) is 0 Å². The van der Waals surface area contributed by atoms with Crippen molar-refractivity contribution in [1.82, 2.24) is 0 Å². The molecule has 4 heteroatoms. The van der Waals surface area contributed by atoms with Crippen LogP contribution in [0.25, 0.3) is 0 Å². The van der Waals surface area contributed by atoms with Gasteiger partial charge in [0.2, 0.25) is 0 Å². The number of rotatable bonds is 8. The minimum atomic E-state index is 0.402. The summed E-state index contributed by atoms with van der Waals surface area (Å²) >= 11 is 7.32. The molecule has 0 heterocycles. The highest BCUT2D eigenvalue weighted by Crippen LogP contribution is 2.34. The third kappa shape index (κ3) is 6.28. The summed E-state index contributed by atoms with van der Waals surface area (Å²) in [5.74, 6) is 1.60. The van der Waals surface area contributed by atoms with Gasteiger partial charge in [-0.25, -0.2) is 0 Å². The van der Waals surface area contributed by atoms with Gasteiger partial charge in [0.15, 0.2) is 0 Å². The average Bonchev–Trinajstić information content (AvgIpc) is 2.38. The van der Waals surface area contributed by atoms with Crippen molar-refractivity contribution in [3.63, 3.8) is 0 Å². The Bertz CT molecular complexity index is 380. The zero-order chi connectivity index (χ0) is 14.3. The molecule has 0 fully saturated rings. The van der Waals surface area contributed by atoms with E-state index in [4.69, 9.17) is 9.47 Å². The smallest absolute Gasteiger partial charge is 0.133 e. The Balaban J connectivity index is 2.59. The van der Waals surface area contributed by atoms with Crippen molar-refractivity contribution in [3.05, 3.63) is 28.2 Å². The van der Waals surface area contributed by atoms with E-state index in [0.717, 1.165) is 22.6 Å². The van der Waals surface area contributed by atoms with Crippen LogP contribution in [-0.2, 0) is 4.74 Å². The first-order valence-corrected chi connectivity index (χ1v) is 8.30. The summed E-state index contributed by atoms with van der Waals surface area (Å²) in [6.45, 7) is 5.67. The van der Waals surface area contributed by atoms with Crippen molar-refractivity contribution >= 4 is 31.9 Å². The highest BCUT2D eigenvalue weighted by molar-refractivity contribution is 9.10. The minimum Gasteiger partial charge on any atom is -0.490 e. The standard InChI is InChI=1S/C15H22Br2O2/c1-11(2)4-6-13(16)12-5-7-15(14(17)10-12)19-9-8-18-3/h5,7,10-11,13H,4,6,8-9H2,1-3H3. The van der Waals surface area contributed by atoms with Crippen LogP contribution < -0.4 is 4.74 Å². The molecule has 1 unspecified atom stereocenters. The first-order chi connectivity index (χ1) is 9.04. The molecule has 0 aliphatic carbocycles. The predicted molar refractivity (Wildman–Crippen MR) is 87.3 cm³/mol. The van der Waals surface area contributed by atoms with Crippen molar-refractivity contribution in [2.24, 2.45) is 5.92 Å². The quantitative estimate of drug-likeness (QED) is 0.438. The highest BCUT2D eigenvalue weighted by Gasteiger charge is 2.11. The molecule has 19 heavy (non-hydrogen) atoms. The van der Waals surface area contributed by atoms with E-state index >= 15 is 0 Å². The number of ether oxygens (including phenoxy) is 2. The lowest BCUT2D eigenvalue weighted by molar-refractivity contribution is 0.146. The fourth-order valence-electron chi connectivity index (χ4n) is 1.71. The topological polar surface area (TPSA) is 18.5 Å². The normalized spacial score (nSPS) is 12.7. The molecule has 0 bridgehead atoms. The lowest BCUT2D eigenvalue weighted by atomic mass is 10.0. The lowest BCUT2D eigenvalue weighted by Crippen LogP contribution is -2.04. The van der Waals surface area contributed by atoms with E-state index < -0.39 is 0 Å². The first-order valence-electron chi connectivity index (χ1n) is 6.59. The molecule has 108 valence electrons. The number of methoxy groups -OCH3 is 1. The monoisotopic (exact) mass is 392 g/mol. The molecule has 1 aromatic rings. The third-order valence-electron chi connectivity index (χ3n) is 2.86. The summed E-state index contributed by atoms with van der Waals surface area (Å²) in [6.07, 6.45) is 2.37. The van der Waals surface area contributed by atoms with Gasteiger partial charge in [0.1, 0.15) is 12.4 Å². The van der Waals surface area contributed by atoms with Crippen molar-refractivity contribution in [2.45, 2.75) is 31.5 Å². The first kappa shape index (κ1) is 17.0. The fourth-order valence-corrected chi connectivity index (χ4v) is 2.77. The number of halogens is 2. The van der Waals surface area contributed by atoms with E-state index in [1.54, 1.807) is 7.11 Å². The highest BCUT2D eigenvalue weighted by atomic mass is 79.9. The van der Waals surface area contributed by atoms with E-state index in [1.807, 2.05) is 6.07 Å². The molecule has 1 atom stereocenters. The molecule has 0 aromatic heterocycles. The maximum Gasteiger partial charge on any atom is 0.133 e. The zero-order valence-electron chi connectivity index (χ0n) is 11.8. The maximum atomic E-state index is 5.62. The Morgan fingerprint density at radius 3 is 2.47 bits per heavy atom. The van der Waals surface area contributed by atoms with E-state index in [9.17, 15) is 0 Å². The number of alkyl halides is 1. The van der Waals surface area contributed by atoms with Gasteiger partial charge in [0, 0.05) is 11.9 Å². The molecule has 0 N–H and O–H groups in total. The van der Waals surface area contributed by atoms with Gasteiger partial charge < -0.3 is 9.47 Å². The van der Waals surface area contributed by atoms with Crippen LogP contribution >= 0.6 is 31.9 Å². The lowest BCUT2D eigenvalue weighted by Gasteiger charge is -2.14. The molecule has 0 aliphatic heterocycles.